The number of carbonyl (C=O) groups excluding carboxylic acids is 1. The zero-order chi connectivity index (χ0) is 15.5. The molecule has 1 aromatic carbocycles. The third kappa shape index (κ3) is 3.06. The lowest BCUT2D eigenvalue weighted by atomic mass is 10.3. The zero-order valence-corrected chi connectivity index (χ0v) is 13.9. The van der Waals surface area contributed by atoms with Gasteiger partial charge in [0.15, 0.2) is 0 Å². The van der Waals surface area contributed by atoms with E-state index in [1.165, 1.54) is 0 Å². The first kappa shape index (κ1) is 14.8. The van der Waals surface area contributed by atoms with Gasteiger partial charge in [0, 0.05) is 23.8 Å². The minimum Gasteiger partial charge on any atom is -0.356 e. The predicted molar refractivity (Wildman–Crippen MR) is 89.9 cm³/mol. The number of carbonyl (C=O) groups is 1. The van der Waals surface area contributed by atoms with E-state index < -0.39 is 0 Å². The lowest BCUT2D eigenvalue weighted by Crippen LogP contribution is -2.25. The fourth-order valence-electron chi connectivity index (χ4n) is 2.51. The molecule has 0 spiro atoms. The van der Waals surface area contributed by atoms with Crippen molar-refractivity contribution in [1.82, 2.24) is 19.9 Å². The summed E-state index contributed by atoms with van der Waals surface area (Å²) in [7, 11) is 0. The number of nitrogens with one attached hydrogen (secondary N) is 2. The standard InChI is InChI=1S/C16H17BrN4O/c1-11-20-13-5-2-3-6-15(13)21(11)8-4-7-18-16(22)14-9-12(17)10-19-14/h2-3,5-6,9-10,19H,4,7-8H2,1H3,(H,18,22). The van der Waals surface area contributed by atoms with E-state index in [0.29, 0.717) is 12.2 Å². The number of hydrogen-bond acceptors (Lipinski definition) is 2. The molecule has 0 fully saturated rings. The first-order valence-electron chi connectivity index (χ1n) is 7.19. The number of rotatable bonds is 5. The van der Waals surface area contributed by atoms with Crippen molar-refractivity contribution in [1.29, 1.82) is 0 Å². The minimum atomic E-state index is -0.0853. The molecule has 0 aliphatic heterocycles. The number of benzene rings is 1. The van der Waals surface area contributed by atoms with E-state index in [1.54, 1.807) is 12.3 Å². The first-order valence-corrected chi connectivity index (χ1v) is 7.98. The third-order valence-electron chi connectivity index (χ3n) is 3.58. The number of aromatic amines is 1. The summed E-state index contributed by atoms with van der Waals surface area (Å²) in [4.78, 5) is 19.4. The highest BCUT2D eigenvalue weighted by Gasteiger charge is 2.08. The Bertz CT molecular complexity index is 805. The Morgan fingerprint density at radius 2 is 2.23 bits per heavy atom. The third-order valence-corrected chi connectivity index (χ3v) is 4.04. The summed E-state index contributed by atoms with van der Waals surface area (Å²) < 4.78 is 3.06. The fourth-order valence-corrected chi connectivity index (χ4v) is 2.85. The smallest absolute Gasteiger partial charge is 0.267 e. The minimum absolute atomic E-state index is 0.0853. The van der Waals surface area contributed by atoms with E-state index in [2.05, 4.69) is 41.8 Å². The van der Waals surface area contributed by atoms with Crippen molar-refractivity contribution >= 4 is 32.9 Å². The molecule has 114 valence electrons. The number of para-hydroxylation sites is 2. The lowest BCUT2D eigenvalue weighted by molar-refractivity contribution is 0.0948. The Morgan fingerprint density at radius 1 is 1.41 bits per heavy atom. The Labute approximate surface area is 136 Å². The maximum Gasteiger partial charge on any atom is 0.267 e. The topological polar surface area (TPSA) is 62.7 Å². The molecular formula is C16H17BrN4O. The van der Waals surface area contributed by atoms with Crippen molar-refractivity contribution in [3.05, 3.63) is 52.5 Å². The van der Waals surface area contributed by atoms with Crippen molar-refractivity contribution in [2.24, 2.45) is 0 Å². The highest BCUT2D eigenvalue weighted by molar-refractivity contribution is 9.10. The van der Waals surface area contributed by atoms with Crippen LogP contribution >= 0.6 is 15.9 Å². The summed E-state index contributed by atoms with van der Waals surface area (Å²) in [5.41, 5.74) is 2.72. The van der Waals surface area contributed by atoms with Gasteiger partial charge in [0.1, 0.15) is 11.5 Å². The van der Waals surface area contributed by atoms with Gasteiger partial charge in [0.2, 0.25) is 0 Å². The predicted octanol–water partition coefficient (Wildman–Crippen LogP) is 3.26. The van der Waals surface area contributed by atoms with Gasteiger partial charge in [-0.25, -0.2) is 4.98 Å². The molecule has 0 aliphatic carbocycles. The average molecular weight is 361 g/mol. The van der Waals surface area contributed by atoms with Gasteiger partial charge in [-0.2, -0.15) is 0 Å². The van der Waals surface area contributed by atoms with Gasteiger partial charge in [-0.05, 0) is 47.5 Å². The molecule has 2 N–H and O–H groups in total. The average Bonchev–Trinajstić information content (AvgIpc) is 3.07. The van der Waals surface area contributed by atoms with Crippen LogP contribution in [0.1, 0.15) is 22.7 Å². The van der Waals surface area contributed by atoms with Gasteiger partial charge in [0.05, 0.1) is 11.0 Å². The molecule has 0 atom stereocenters. The summed E-state index contributed by atoms with van der Waals surface area (Å²) in [5, 5.41) is 2.92. The normalized spacial score (nSPS) is 11.0. The van der Waals surface area contributed by atoms with Crippen LogP contribution in [0.5, 0.6) is 0 Å². The lowest BCUT2D eigenvalue weighted by Gasteiger charge is -2.07. The van der Waals surface area contributed by atoms with E-state index in [1.807, 2.05) is 25.1 Å². The van der Waals surface area contributed by atoms with E-state index in [0.717, 1.165) is 34.3 Å². The zero-order valence-electron chi connectivity index (χ0n) is 12.3. The van der Waals surface area contributed by atoms with Gasteiger partial charge in [-0.1, -0.05) is 12.1 Å². The number of amides is 1. The molecule has 0 aliphatic rings. The van der Waals surface area contributed by atoms with Crippen LogP contribution in [-0.4, -0.2) is 27.0 Å². The molecule has 0 unspecified atom stereocenters. The van der Waals surface area contributed by atoms with Gasteiger partial charge in [-0.15, -0.1) is 0 Å². The second-order valence-electron chi connectivity index (χ2n) is 5.14. The number of hydrogen-bond donors (Lipinski definition) is 2. The quantitative estimate of drug-likeness (QED) is 0.686. The Hall–Kier alpha value is -2.08. The molecule has 3 rings (SSSR count). The Kier molecular flexibility index (Phi) is 4.29. The van der Waals surface area contributed by atoms with Crippen LogP contribution in [0.3, 0.4) is 0 Å². The van der Waals surface area contributed by atoms with Gasteiger partial charge in [0.25, 0.3) is 5.91 Å². The number of nitrogens with zero attached hydrogens (tertiary/aromatic N) is 2. The number of halogens is 1. The van der Waals surface area contributed by atoms with Crippen molar-refractivity contribution in [2.45, 2.75) is 19.9 Å². The molecule has 22 heavy (non-hydrogen) atoms. The summed E-state index contributed by atoms with van der Waals surface area (Å²) in [6.45, 7) is 3.47. The number of aryl methyl sites for hydroxylation is 2. The molecule has 2 heterocycles. The van der Waals surface area contributed by atoms with Crippen LogP contribution in [0.2, 0.25) is 0 Å². The van der Waals surface area contributed by atoms with Gasteiger partial charge in [-0.3, -0.25) is 4.79 Å². The van der Waals surface area contributed by atoms with Gasteiger partial charge >= 0.3 is 0 Å². The SMILES string of the molecule is Cc1nc2ccccc2n1CCCNC(=O)c1cc(Br)c[nH]1. The molecule has 5 nitrogen and oxygen atoms in total. The van der Waals surface area contributed by atoms with Crippen molar-refractivity contribution in [2.75, 3.05) is 6.54 Å². The largest absolute Gasteiger partial charge is 0.356 e. The van der Waals surface area contributed by atoms with Crippen molar-refractivity contribution in [3.63, 3.8) is 0 Å². The molecule has 0 saturated heterocycles. The maximum absolute atomic E-state index is 11.9. The maximum atomic E-state index is 11.9. The van der Waals surface area contributed by atoms with Crippen LogP contribution in [0.4, 0.5) is 0 Å². The van der Waals surface area contributed by atoms with Crippen LogP contribution in [0.15, 0.2) is 41.0 Å². The summed E-state index contributed by atoms with van der Waals surface area (Å²) in [5.74, 6) is 0.915. The van der Waals surface area contributed by atoms with Crippen LogP contribution in [0.25, 0.3) is 11.0 Å². The number of imidazole rings is 1. The molecule has 0 radical (unpaired) electrons. The second-order valence-corrected chi connectivity index (χ2v) is 6.06. The van der Waals surface area contributed by atoms with Crippen LogP contribution in [-0.2, 0) is 6.54 Å². The highest BCUT2D eigenvalue weighted by Crippen LogP contribution is 2.15. The fraction of sp³-hybridized carbons (Fsp3) is 0.250. The Balaban J connectivity index is 1.56. The molecule has 0 saturated carbocycles. The highest BCUT2D eigenvalue weighted by atomic mass is 79.9. The molecular weight excluding hydrogens is 344 g/mol. The molecule has 3 aromatic rings. The van der Waals surface area contributed by atoms with E-state index in [-0.39, 0.29) is 5.91 Å². The van der Waals surface area contributed by atoms with Crippen molar-refractivity contribution in [3.8, 4) is 0 Å². The molecule has 1 amide bonds. The Morgan fingerprint density at radius 3 is 3.00 bits per heavy atom. The monoisotopic (exact) mass is 360 g/mol. The number of fused-ring (bicyclic) bond motifs is 1. The molecule has 6 heteroatoms. The molecule has 0 bridgehead atoms. The summed E-state index contributed by atoms with van der Waals surface area (Å²) in [6.07, 6.45) is 2.60. The second kappa shape index (κ2) is 6.36. The van der Waals surface area contributed by atoms with Crippen molar-refractivity contribution < 1.29 is 4.79 Å². The van der Waals surface area contributed by atoms with E-state index in [9.17, 15) is 4.79 Å². The summed E-state index contributed by atoms with van der Waals surface area (Å²) >= 11 is 3.32. The first-order chi connectivity index (χ1) is 10.6. The number of aromatic nitrogens is 3. The van der Waals surface area contributed by atoms with E-state index in [4.69, 9.17) is 0 Å². The van der Waals surface area contributed by atoms with Crippen LogP contribution < -0.4 is 5.32 Å². The molecule has 2 aromatic heterocycles. The van der Waals surface area contributed by atoms with E-state index >= 15 is 0 Å². The van der Waals surface area contributed by atoms with Crippen LogP contribution in [0, 0.1) is 6.92 Å². The van der Waals surface area contributed by atoms with Gasteiger partial charge < -0.3 is 14.9 Å². The summed E-state index contributed by atoms with van der Waals surface area (Å²) in [6, 6.07) is 9.87. The number of H-pyrrole nitrogens is 1.